The van der Waals surface area contributed by atoms with Gasteiger partial charge in [0.2, 0.25) is 5.91 Å². The number of nitrogens with one attached hydrogen (secondary N) is 1. The Labute approximate surface area is 103 Å². The van der Waals surface area contributed by atoms with Crippen LogP contribution in [0.5, 0.6) is 0 Å². The van der Waals surface area contributed by atoms with Gasteiger partial charge in [-0.05, 0) is 18.4 Å². The van der Waals surface area contributed by atoms with Crippen molar-refractivity contribution in [3.8, 4) is 0 Å². The van der Waals surface area contributed by atoms with Crippen molar-refractivity contribution in [1.82, 2.24) is 10.2 Å². The first-order chi connectivity index (χ1) is 8.00. The molecule has 1 aromatic rings. The quantitative estimate of drug-likeness (QED) is 0.846. The molecule has 1 aromatic carbocycles. The van der Waals surface area contributed by atoms with Gasteiger partial charge in [0.15, 0.2) is 0 Å². The van der Waals surface area contributed by atoms with Gasteiger partial charge in [0.1, 0.15) is 6.17 Å². The molecule has 2 atom stereocenters. The van der Waals surface area contributed by atoms with Crippen LogP contribution in [0.4, 0.5) is 0 Å². The average molecular weight is 232 g/mol. The van der Waals surface area contributed by atoms with E-state index in [4.69, 9.17) is 0 Å². The number of rotatable bonds is 2. The maximum Gasteiger partial charge on any atom is 0.241 e. The number of amides is 1. The zero-order chi connectivity index (χ0) is 12.6. The van der Waals surface area contributed by atoms with Crippen molar-refractivity contribution in [3.63, 3.8) is 0 Å². The van der Waals surface area contributed by atoms with Gasteiger partial charge in [-0.1, -0.05) is 43.7 Å². The highest BCUT2D eigenvalue weighted by molar-refractivity contribution is 5.84. The summed E-state index contributed by atoms with van der Waals surface area (Å²) in [6.45, 7) is 6.21. The third kappa shape index (κ3) is 2.20. The summed E-state index contributed by atoms with van der Waals surface area (Å²) in [5.41, 5.74) is 2.38. The highest BCUT2D eigenvalue weighted by Gasteiger charge is 2.38. The number of carbonyl (C=O) groups excluding carboxylic acids is 1. The Morgan fingerprint density at radius 2 is 1.82 bits per heavy atom. The summed E-state index contributed by atoms with van der Waals surface area (Å²) in [5, 5.41) is 3.40. The molecule has 2 rings (SSSR count). The number of aryl methyl sites for hydroxylation is 1. The van der Waals surface area contributed by atoms with Crippen molar-refractivity contribution in [3.05, 3.63) is 35.4 Å². The lowest BCUT2D eigenvalue weighted by Gasteiger charge is -2.19. The van der Waals surface area contributed by atoms with Crippen LogP contribution in [0.25, 0.3) is 0 Å². The van der Waals surface area contributed by atoms with E-state index in [1.807, 2.05) is 7.05 Å². The van der Waals surface area contributed by atoms with E-state index in [1.54, 1.807) is 4.90 Å². The summed E-state index contributed by atoms with van der Waals surface area (Å²) in [7, 11) is 1.86. The Bertz CT molecular complexity index is 411. The van der Waals surface area contributed by atoms with E-state index in [0.717, 1.165) is 5.56 Å². The molecular weight excluding hydrogens is 212 g/mol. The number of likely N-dealkylation sites (N-methyl/N-ethyl adjacent to an activating group) is 1. The fourth-order valence-corrected chi connectivity index (χ4v) is 2.25. The van der Waals surface area contributed by atoms with Gasteiger partial charge < -0.3 is 4.90 Å². The third-order valence-electron chi connectivity index (χ3n) is 3.40. The molecular formula is C14H20N2O. The van der Waals surface area contributed by atoms with Gasteiger partial charge in [-0.3, -0.25) is 10.1 Å². The topological polar surface area (TPSA) is 32.3 Å². The molecule has 1 aliphatic heterocycles. The number of hydrogen-bond acceptors (Lipinski definition) is 2. The molecule has 0 bridgehead atoms. The van der Waals surface area contributed by atoms with E-state index >= 15 is 0 Å². The predicted octanol–water partition coefficient (Wildman–Crippen LogP) is 2.08. The Balaban J connectivity index is 2.23. The molecule has 0 saturated carbocycles. The summed E-state index contributed by atoms with van der Waals surface area (Å²) in [5.74, 6) is 0.506. The van der Waals surface area contributed by atoms with E-state index in [9.17, 15) is 4.79 Å². The van der Waals surface area contributed by atoms with Gasteiger partial charge in [0.05, 0.1) is 6.04 Å². The second-order valence-corrected chi connectivity index (χ2v) is 5.15. The molecule has 3 nitrogen and oxygen atoms in total. The van der Waals surface area contributed by atoms with Gasteiger partial charge in [0.25, 0.3) is 0 Å². The molecule has 1 N–H and O–H groups in total. The van der Waals surface area contributed by atoms with Crippen molar-refractivity contribution < 1.29 is 4.79 Å². The van der Waals surface area contributed by atoms with E-state index < -0.39 is 0 Å². The third-order valence-corrected chi connectivity index (χ3v) is 3.40. The van der Waals surface area contributed by atoms with Gasteiger partial charge in [-0.25, -0.2) is 0 Å². The standard InChI is InChI=1S/C14H20N2O/c1-9(2)12-14(17)16(4)13(15-12)11-7-5-10(3)6-8-11/h5-9,12-13,15H,1-4H3. The van der Waals surface area contributed by atoms with E-state index in [2.05, 4.69) is 50.4 Å². The summed E-state index contributed by atoms with van der Waals surface area (Å²) in [6.07, 6.45) is 0.00972. The predicted molar refractivity (Wildman–Crippen MR) is 68.5 cm³/mol. The van der Waals surface area contributed by atoms with Crippen LogP contribution in [-0.4, -0.2) is 23.9 Å². The molecule has 1 heterocycles. The SMILES string of the molecule is Cc1ccc(C2NC(C(C)C)C(=O)N2C)cc1. The van der Waals surface area contributed by atoms with Crippen LogP contribution in [-0.2, 0) is 4.79 Å². The zero-order valence-electron chi connectivity index (χ0n) is 10.9. The molecule has 1 saturated heterocycles. The van der Waals surface area contributed by atoms with Gasteiger partial charge >= 0.3 is 0 Å². The molecule has 0 aromatic heterocycles. The van der Waals surface area contributed by atoms with Crippen LogP contribution in [0.2, 0.25) is 0 Å². The number of benzene rings is 1. The van der Waals surface area contributed by atoms with E-state index in [0.29, 0.717) is 5.92 Å². The molecule has 1 fully saturated rings. The van der Waals surface area contributed by atoms with Crippen molar-refractivity contribution in [1.29, 1.82) is 0 Å². The minimum atomic E-state index is -0.0636. The number of hydrogen-bond donors (Lipinski definition) is 1. The zero-order valence-corrected chi connectivity index (χ0v) is 10.9. The smallest absolute Gasteiger partial charge is 0.241 e. The van der Waals surface area contributed by atoms with Crippen LogP contribution < -0.4 is 5.32 Å². The molecule has 1 aliphatic rings. The first-order valence-corrected chi connectivity index (χ1v) is 6.10. The van der Waals surface area contributed by atoms with E-state index in [1.165, 1.54) is 5.56 Å². The fraction of sp³-hybridized carbons (Fsp3) is 0.500. The van der Waals surface area contributed by atoms with Gasteiger partial charge in [0, 0.05) is 7.05 Å². The molecule has 0 radical (unpaired) electrons. The minimum absolute atomic E-state index is 0.00972. The van der Waals surface area contributed by atoms with Crippen molar-refractivity contribution in [2.24, 2.45) is 5.92 Å². The summed E-state index contributed by atoms with van der Waals surface area (Å²) in [6, 6.07) is 8.26. The molecule has 0 aliphatic carbocycles. The fourth-order valence-electron chi connectivity index (χ4n) is 2.25. The van der Waals surface area contributed by atoms with Crippen LogP contribution in [0, 0.1) is 12.8 Å². The Morgan fingerprint density at radius 1 is 1.24 bits per heavy atom. The van der Waals surface area contributed by atoms with Gasteiger partial charge in [-0.2, -0.15) is 0 Å². The average Bonchev–Trinajstić information content (AvgIpc) is 2.58. The largest absolute Gasteiger partial charge is 0.325 e. The second kappa shape index (κ2) is 4.49. The Hall–Kier alpha value is -1.35. The monoisotopic (exact) mass is 232 g/mol. The summed E-state index contributed by atoms with van der Waals surface area (Å²) in [4.78, 5) is 13.9. The summed E-state index contributed by atoms with van der Waals surface area (Å²) < 4.78 is 0. The van der Waals surface area contributed by atoms with Crippen molar-refractivity contribution in [2.75, 3.05) is 7.05 Å². The maximum atomic E-state index is 12.1. The number of nitrogens with zero attached hydrogens (tertiary/aromatic N) is 1. The first kappa shape index (κ1) is 12.1. The van der Waals surface area contributed by atoms with Crippen LogP contribution in [0.1, 0.15) is 31.1 Å². The van der Waals surface area contributed by atoms with E-state index in [-0.39, 0.29) is 18.1 Å². The van der Waals surface area contributed by atoms with Crippen LogP contribution in [0.15, 0.2) is 24.3 Å². The normalized spacial score (nSPS) is 24.8. The lowest BCUT2D eigenvalue weighted by Crippen LogP contribution is -2.33. The second-order valence-electron chi connectivity index (χ2n) is 5.15. The summed E-state index contributed by atoms with van der Waals surface area (Å²) >= 11 is 0. The van der Waals surface area contributed by atoms with Crippen molar-refractivity contribution in [2.45, 2.75) is 33.0 Å². The molecule has 2 unspecified atom stereocenters. The molecule has 92 valence electrons. The Kier molecular flexibility index (Phi) is 3.20. The maximum absolute atomic E-state index is 12.1. The molecule has 1 amide bonds. The van der Waals surface area contributed by atoms with Crippen LogP contribution in [0.3, 0.4) is 0 Å². The highest BCUT2D eigenvalue weighted by Crippen LogP contribution is 2.26. The lowest BCUT2D eigenvalue weighted by atomic mass is 10.1. The van der Waals surface area contributed by atoms with Crippen molar-refractivity contribution >= 4 is 5.91 Å². The number of carbonyl (C=O) groups is 1. The lowest BCUT2D eigenvalue weighted by molar-refractivity contribution is -0.129. The molecule has 0 spiro atoms. The van der Waals surface area contributed by atoms with Gasteiger partial charge in [-0.15, -0.1) is 0 Å². The first-order valence-electron chi connectivity index (χ1n) is 6.10. The molecule has 3 heteroatoms. The highest BCUT2D eigenvalue weighted by atomic mass is 16.2. The molecule has 17 heavy (non-hydrogen) atoms. The Morgan fingerprint density at radius 3 is 2.29 bits per heavy atom. The minimum Gasteiger partial charge on any atom is -0.325 e. The van der Waals surface area contributed by atoms with Crippen LogP contribution >= 0.6 is 0 Å².